The summed E-state index contributed by atoms with van der Waals surface area (Å²) >= 11 is 0. The molecular weight excluding hydrogens is 335 g/mol. The van der Waals surface area contributed by atoms with Gasteiger partial charge in [0.05, 0.1) is 32.8 Å². The SMILES string of the molecule is CC(C)COC(CCO)(OCC(C)C)OCC(C)C.[Zr]. The molecule has 5 heteroatoms. The molecule has 0 unspecified atom stereocenters. The number of aliphatic hydroxyl groups is 1. The van der Waals surface area contributed by atoms with E-state index in [4.69, 9.17) is 14.2 Å². The molecule has 0 amide bonds. The third kappa shape index (κ3) is 11.4. The maximum absolute atomic E-state index is 9.26. The van der Waals surface area contributed by atoms with E-state index in [1.807, 2.05) is 0 Å². The van der Waals surface area contributed by atoms with Crippen molar-refractivity contribution in [2.45, 2.75) is 53.9 Å². The van der Waals surface area contributed by atoms with Gasteiger partial charge in [-0.3, -0.25) is 0 Å². The Labute approximate surface area is 143 Å². The van der Waals surface area contributed by atoms with Gasteiger partial charge in [-0.25, -0.2) is 0 Å². The van der Waals surface area contributed by atoms with Crippen LogP contribution in [-0.4, -0.2) is 37.5 Å². The summed E-state index contributed by atoms with van der Waals surface area (Å²) in [6.07, 6.45) is 0.333. The first-order valence-corrected chi connectivity index (χ1v) is 7.34. The molecule has 0 rings (SSSR count). The third-order valence-corrected chi connectivity index (χ3v) is 2.33. The number of aliphatic hydroxyl groups excluding tert-OH is 1. The largest absolute Gasteiger partial charge is 0.396 e. The summed E-state index contributed by atoms with van der Waals surface area (Å²) in [4.78, 5) is 0. The molecule has 0 spiro atoms. The van der Waals surface area contributed by atoms with E-state index in [0.717, 1.165) is 0 Å². The number of hydrogen-bond donors (Lipinski definition) is 1. The van der Waals surface area contributed by atoms with Crippen LogP contribution in [0.2, 0.25) is 0 Å². The predicted molar refractivity (Wildman–Crippen MR) is 76.8 cm³/mol. The number of rotatable bonds is 11. The third-order valence-electron chi connectivity index (χ3n) is 2.33. The molecule has 0 aliphatic rings. The summed E-state index contributed by atoms with van der Waals surface area (Å²) in [5, 5.41) is 9.26. The Morgan fingerprint density at radius 2 is 1.05 bits per heavy atom. The van der Waals surface area contributed by atoms with Crippen LogP contribution in [0.15, 0.2) is 0 Å². The molecule has 0 bridgehead atoms. The Morgan fingerprint density at radius 3 is 1.25 bits per heavy atom. The minimum absolute atomic E-state index is 0. The van der Waals surface area contributed by atoms with E-state index in [2.05, 4.69) is 41.5 Å². The maximum Gasteiger partial charge on any atom is 0.285 e. The first-order chi connectivity index (χ1) is 8.81. The van der Waals surface area contributed by atoms with E-state index >= 15 is 0 Å². The van der Waals surface area contributed by atoms with Gasteiger partial charge < -0.3 is 19.3 Å². The molecule has 0 saturated heterocycles. The second-order valence-electron chi connectivity index (χ2n) is 6.27. The molecule has 4 nitrogen and oxygen atoms in total. The van der Waals surface area contributed by atoms with Gasteiger partial charge in [0.1, 0.15) is 0 Å². The Bertz CT molecular complexity index is 189. The number of ether oxygens (including phenoxy) is 3. The monoisotopic (exact) mass is 366 g/mol. The second kappa shape index (κ2) is 12.3. The zero-order valence-electron chi connectivity index (χ0n) is 13.9. The van der Waals surface area contributed by atoms with Crippen molar-refractivity contribution in [3.05, 3.63) is 0 Å². The molecule has 0 aromatic rings. The van der Waals surface area contributed by atoms with Gasteiger partial charge >= 0.3 is 0 Å². The van der Waals surface area contributed by atoms with Gasteiger partial charge in [0.25, 0.3) is 5.97 Å². The van der Waals surface area contributed by atoms with E-state index in [1.54, 1.807) is 0 Å². The minimum Gasteiger partial charge on any atom is -0.396 e. The average Bonchev–Trinajstić information content (AvgIpc) is 2.31. The molecule has 120 valence electrons. The molecule has 0 atom stereocenters. The molecular formula is C15H32O4Zr. The fourth-order valence-corrected chi connectivity index (χ4v) is 1.36. The smallest absolute Gasteiger partial charge is 0.285 e. The summed E-state index contributed by atoms with van der Waals surface area (Å²) in [6, 6.07) is 0. The van der Waals surface area contributed by atoms with Gasteiger partial charge in [-0.15, -0.1) is 0 Å². The quantitative estimate of drug-likeness (QED) is 0.570. The molecule has 0 fully saturated rings. The molecule has 0 radical (unpaired) electrons. The predicted octanol–water partition coefficient (Wildman–Crippen LogP) is 3.04. The second-order valence-corrected chi connectivity index (χ2v) is 6.27. The van der Waals surface area contributed by atoms with Crippen LogP contribution in [0.5, 0.6) is 0 Å². The van der Waals surface area contributed by atoms with Crippen molar-refractivity contribution in [3.8, 4) is 0 Å². The zero-order valence-corrected chi connectivity index (χ0v) is 16.4. The van der Waals surface area contributed by atoms with Gasteiger partial charge in [-0.2, -0.15) is 0 Å². The average molecular weight is 368 g/mol. The molecule has 0 saturated carbocycles. The van der Waals surface area contributed by atoms with Crippen molar-refractivity contribution < 1.29 is 45.5 Å². The minimum atomic E-state index is -1.10. The topological polar surface area (TPSA) is 47.9 Å². The van der Waals surface area contributed by atoms with Gasteiger partial charge in [0.15, 0.2) is 0 Å². The van der Waals surface area contributed by atoms with Gasteiger partial charge in [-0.1, -0.05) is 41.5 Å². The van der Waals surface area contributed by atoms with Crippen LogP contribution < -0.4 is 0 Å². The van der Waals surface area contributed by atoms with E-state index in [9.17, 15) is 5.11 Å². The van der Waals surface area contributed by atoms with Crippen LogP contribution in [0.25, 0.3) is 0 Å². The Kier molecular flexibility index (Phi) is 14.1. The van der Waals surface area contributed by atoms with Crippen LogP contribution in [0.4, 0.5) is 0 Å². The number of hydrogen-bond acceptors (Lipinski definition) is 4. The van der Waals surface area contributed by atoms with E-state index in [0.29, 0.717) is 44.0 Å². The Hall–Kier alpha value is 0.723. The van der Waals surface area contributed by atoms with Crippen LogP contribution in [0.3, 0.4) is 0 Å². The molecule has 0 aliphatic heterocycles. The van der Waals surface area contributed by atoms with Crippen molar-refractivity contribution in [1.82, 2.24) is 0 Å². The summed E-state index contributed by atoms with van der Waals surface area (Å²) in [7, 11) is 0. The van der Waals surface area contributed by atoms with Crippen molar-refractivity contribution in [1.29, 1.82) is 0 Å². The molecule has 0 aliphatic carbocycles. The van der Waals surface area contributed by atoms with Crippen molar-refractivity contribution in [2.75, 3.05) is 26.4 Å². The zero-order chi connectivity index (χ0) is 14.9. The van der Waals surface area contributed by atoms with Crippen LogP contribution >= 0.6 is 0 Å². The molecule has 1 N–H and O–H groups in total. The summed E-state index contributed by atoms with van der Waals surface area (Å²) in [5.41, 5.74) is 0. The van der Waals surface area contributed by atoms with Crippen molar-refractivity contribution in [2.24, 2.45) is 17.8 Å². The summed E-state index contributed by atoms with van der Waals surface area (Å²) in [5.74, 6) is 0.0724. The van der Waals surface area contributed by atoms with Crippen LogP contribution in [0, 0.1) is 17.8 Å². The Balaban J connectivity index is 0. The molecule has 0 aromatic carbocycles. The maximum atomic E-state index is 9.26. The molecule has 0 heterocycles. The van der Waals surface area contributed by atoms with Crippen LogP contribution in [0.1, 0.15) is 48.0 Å². The van der Waals surface area contributed by atoms with Crippen LogP contribution in [-0.2, 0) is 40.4 Å². The fourth-order valence-electron chi connectivity index (χ4n) is 1.36. The van der Waals surface area contributed by atoms with E-state index in [1.165, 1.54) is 0 Å². The van der Waals surface area contributed by atoms with Gasteiger partial charge in [0.2, 0.25) is 0 Å². The fraction of sp³-hybridized carbons (Fsp3) is 1.00. The standard InChI is InChI=1S/C15H32O4.Zr/c1-12(2)9-17-15(7-8-16,18-10-13(3)4)19-11-14(5)6;/h12-14,16H,7-11H2,1-6H3;. The first-order valence-electron chi connectivity index (χ1n) is 7.34. The molecule has 0 aromatic heterocycles. The van der Waals surface area contributed by atoms with Gasteiger partial charge in [-0.05, 0) is 17.8 Å². The normalized spacial score (nSPS) is 12.3. The van der Waals surface area contributed by atoms with Gasteiger partial charge in [0, 0.05) is 26.2 Å². The van der Waals surface area contributed by atoms with Crippen molar-refractivity contribution in [3.63, 3.8) is 0 Å². The van der Waals surface area contributed by atoms with E-state index in [-0.39, 0.29) is 32.8 Å². The summed E-state index contributed by atoms with van der Waals surface area (Å²) < 4.78 is 17.5. The van der Waals surface area contributed by atoms with Crippen molar-refractivity contribution >= 4 is 0 Å². The molecule has 20 heavy (non-hydrogen) atoms. The summed E-state index contributed by atoms with van der Waals surface area (Å²) in [6.45, 7) is 14.1. The first kappa shape index (κ1) is 23.0. The Morgan fingerprint density at radius 1 is 0.750 bits per heavy atom. The van der Waals surface area contributed by atoms with E-state index < -0.39 is 5.97 Å².